The Morgan fingerprint density at radius 3 is 2.74 bits per heavy atom. The predicted molar refractivity (Wildman–Crippen MR) is 73.8 cm³/mol. The first kappa shape index (κ1) is 15.4. The molecule has 5 nitrogen and oxygen atoms in total. The van der Waals surface area contributed by atoms with Crippen LogP contribution >= 0.6 is 9.47 Å². The molecule has 1 aromatic rings. The van der Waals surface area contributed by atoms with Crippen LogP contribution in [0.15, 0.2) is 12.1 Å². The van der Waals surface area contributed by atoms with E-state index in [4.69, 9.17) is 10.3 Å². The van der Waals surface area contributed by atoms with E-state index in [1.54, 1.807) is 0 Å². The first-order valence-electron chi connectivity index (χ1n) is 5.35. The van der Waals surface area contributed by atoms with Gasteiger partial charge >= 0.3 is 5.69 Å². The topological polar surface area (TPSA) is 78.4 Å². The van der Waals surface area contributed by atoms with Gasteiger partial charge in [-0.1, -0.05) is 11.8 Å². The van der Waals surface area contributed by atoms with Gasteiger partial charge in [0.15, 0.2) is 0 Å². The third kappa shape index (κ3) is 4.16. The van der Waals surface area contributed by atoms with Crippen LogP contribution in [0.25, 0.3) is 0 Å². The Labute approximate surface area is 112 Å². The minimum absolute atomic E-state index is 0.0678. The maximum Gasteiger partial charge on any atom is 0.306 e. The van der Waals surface area contributed by atoms with Gasteiger partial charge in [-0.05, 0) is 13.8 Å². The smallest absolute Gasteiger partial charge is 0.306 e. The van der Waals surface area contributed by atoms with Gasteiger partial charge in [0.1, 0.15) is 0 Å². The molecule has 1 aromatic carbocycles. The van der Waals surface area contributed by atoms with Gasteiger partial charge in [0.2, 0.25) is 5.82 Å². The molecule has 1 rings (SSSR count). The Hall–Kier alpha value is -1.70. The van der Waals surface area contributed by atoms with Crippen LogP contribution in [0.4, 0.5) is 15.8 Å². The van der Waals surface area contributed by atoms with Gasteiger partial charge in [0.05, 0.1) is 22.8 Å². The minimum atomic E-state index is -0.972. The average molecular weight is 284 g/mol. The predicted octanol–water partition coefficient (Wildman–Crippen LogP) is 2.50. The molecule has 0 aliphatic carbocycles. The Balaban J connectivity index is 3.19. The number of hydrogen-bond acceptors (Lipinski definition) is 4. The maximum atomic E-state index is 13.3. The SMILES string of the molecule is CC(C)(C#Cc1cc([N+](=O)[O-])c(F)cc1N)COP. The van der Waals surface area contributed by atoms with E-state index in [0.717, 1.165) is 12.1 Å². The van der Waals surface area contributed by atoms with Crippen molar-refractivity contribution in [1.82, 2.24) is 0 Å². The van der Waals surface area contributed by atoms with E-state index in [0.29, 0.717) is 6.61 Å². The molecule has 2 N–H and O–H groups in total. The molecule has 0 heterocycles. The highest BCUT2D eigenvalue weighted by atomic mass is 31.0. The van der Waals surface area contributed by atoms with Gasteiger partial charge in [-0.15, -0.1) is 0 Å². The zero-order chi connectivity index (χ0) is 14.6. The van der Waals surface area contributed by atoms with Crippen molar-refractivity contribution in [2.45, 2.75) is 13.8 Å². The molecule has 0 spiro atoms. The number of nitro groups is 1. The summed E-state index contributed by atoms with van der Waals surface area (Å²) in [6.45, 7) is 4.06. The summed E-state index contributed by atoms with van der Waals surface area (Å²) in [6.07, 6.45) is 0. The van der Waals surface area contributed by atoms with Crippen LogP contribution in [0.2, 0.25) is 0 Å². The van der Waals surface area contributed by atoms with Crippen LogP contribution in [0.3, 0.4) is 0 Å². The van der Waals surface area contributed by atoms with E-state index >= 15 is 0 Å². The van der Waals surface area contributed by atoms with Crippen molar-refractivity contribution in [1.29, 1.82) is 0 Å². The number of nitrogens with zero attached hydrogens (tertiary/aromatic N) is 1. The second-order valence-electron chi connectivity index (χ2n) is 4.59. The zero-order valence-corrected chi connectivity index (χ0v) is 11.7. The fraction of sp³-hybridized carbons (Fsp3) is 0.333. The van der Waals surface area contributed by atoms with Crippen molar-refractivity contribution in [3.8, 4) is 11.8 Å². The summed E-state index contributed by atoms with van der Waals surface area (Å²) < 4.78 is 18.2. The highest BCUT2D eigenvalue weighted by Crippen LogP contribution is 2.24. The molecule has 1 atom stereocenters. The fourth-order valence-corrected chi connectivity index (χ4v) is 1.72. The number of halogens is 1. The number of nitrogens with two attached hydrogens (primary N) is 1. The molecule has 0 fully saturated rings. The van der Waals surface area contributed by atoms with Crippen LogP contribution in [-0.2, 0) is 4.52 Å². The lowest BCUT2D eigenvalue weighted by Crippen LogP contribution is -2.14. The lowest BCUT2D eigenvalue weighted by atomic mass is 9.95. The van der Waals surface area contributed by atoms with Crippen LogP contribution in [0, 0.1) is 33.2 Å². The van der Waals surface area contributed by atoms with Crippen LogP contribution < -0.4 is 5.73 Å². The van der Waals surface area contributed by atoms with E-state index < -0.39 is 21.8 Å². The molecule has 0 amide bonds. The molecule has 0 saturated carbocycles. The standard InChI is InChI=1S/C12H14FN2O3P/c1-12(2,7-18-19)4-3-8-5-11(15(16)17)9(13)6-10(8)14/h5-6H,7,14,19H2,1-2H3. The molecule has 1 unspecified atom stereocenters. The van der Waals surface area contributed by atoms with E-state index in [1.807, 2.05) is 13.8 Å². The fourth-order valence-electron chi connectivity index (χ4n) is 1.31. The summed E-state index contributed by atoms with van der Waals surface area (Å²) in [5, 5.41) is 10.6. The summed E-state index contributed by atoms with van der Waals surface area (Å²) in [5.74, 6) is 4.64. The van der Waals surface area contributed by atoms with Gasteiger partial charge in [-0.3, -0.25) is 10.1 Å². The Morgan fingerprint density at radius 1 is 1.58 bits per heavy atom. The lowest BCUT2D eigenvalue weighted by molar-refractivity contribution is -0.387. The molecule has 0 bridgehead atoms. The van der Waals surface area contributed by atoms with Crippen molar-refractivity contribution < 1.29 is 13.8 Å². The molecule has 19 heavy (non-hydrogen) atoms. The maximum absolute atomic E-state index is 13.3. The van der Waals surface area contributed by atoms with Crippen molar-refractivity contribution in [3.63, 3.8) is 0 Å². The first-order chi connectivity index (χ1) is 8.76. The first-order valence-corrected chi connectivity index (χ1v) is 5.82. The van der Waals surface area contributed by atoms with Gasteiger partial charge in [-0.25, -0.2) is 0 Å². The Kier molecular flexibility index (Phi) is 4.82. The number of benzene rings is 1. The van der Waals surface area contributed by atoms with E-state index in [1.165, 1.54) is 0 Å². The molecule has 0 aliphatic heterocycles. The van der Waals surface area contributed by atoms with Gasteiger partial charge < -0.3 is 10.3 Å². The molecular formula is C12H14FN2O3P. The van der Waals surface area contributed by atoms with Crippen molar-refractivity contribution in [2.75, 3.05) is 12.3 Å². The van der Waals surface area contributed by atoms with Crippen LogP contribution in [0.1, 0.15) is 19.4 Å². The Bertz CT molecular complexity index is 564. The largest absolute Gasteiger partial charge is 0.398 e. The summed E-state index contributed by atoms with van der Waals surface area (Å²) in [6, 6.07) is 1.94. The highest BCUT2D eigenvalue weighted by molar-refractivity contribution is 7.09. The number of nitrogen functional groups attached to an aromatic ring is 1. The van der Waals surface area contributed by atoms with Crippen molar-refractivity contribution >= 4 is 20.8 Å². The Morgan fingerprint density at radius 2 is 2.21 bits per heavy atom. The summed E-state index contributed by atoms with van der Waals surface area (Å²) >= 11 is 0. The summed E-state index contributed by atoms with van der Waals surface area (Å²) in [4.78, 5) is 9.83. The second kappa shape index (κ2) is 5.96. The quantitative estimate of drug-likeness (QED) is 0.304. The monoisotopic (exact) mass is 284 g/mol. The third-order valence-corrected chi connectivity index (χ3v) is 2.46. The molecular weight excluding hydrogens is 270 g/mol. The van der Waals surface area contributed by atoms with Crippen molar-refractivity contribution in [2.24, 2.45) is 5.41 Å². The molecule has 0 radical (unpaired) electrons. The number of nitro benzene ring substituents is 1. The second-order valence-corrected chi connectivity index (χ2v) is 4.93. The number of hydrogen-bond donors (Lipinski definition) is 1. The van der Waals surface area contributed by atoms with E-state index in [9.17, 15) is 14.5 Å². The molecule has 0 aliphatic rings. The highest BCUT2D eigenvalue weighted by Gasteiger charge is 2.17. The van der Waals surface area contributed by atoms with Crippen LogP contribution in [0.5, 0.6) is 0 Å². The third-order valence-electron chi connectivity index (χ3n) is 2.30. The lowest BCUT2D eigenvalue weighted by Gasteiger charge is -2.15. The van der Waals surface area contributed by atoms with Gasteiger partial charge in [-0.2, -0.15) is 4.39 Å². The number of rotatable bonds is 3. The summed E-state index contributed by atoms with van der Waals surface area (Å²) in [7, 11) is 2.12. The van der Waals surface area contributed by atoms with Gasteiger partial charge in [0.25, 0.3) is 0 Å². The van der Waals surface area contributed by atoms with Crippen molar-refractivity contribution in [3.05, 3.63) is 33.6 Å². The zero-order valence-electron chi connectivity index (χ0n) is 10.6. The molecule has 0 saturated heterocycles. The number of anilines is 1. The average Bonchev–Trinajstić information content (AvgIpc) is 2.27. The molecule has 0 aromatic heterocycles. The van der Waals surface area contributed by atoms with E-state index in [-0.39, 0.29) is 11.3 Å². The van der Waals surface area contributed by atoms with E-state index in [2.05, 4.69) is 21.3 Å². The van der Waals surface area contributed by atoms with Gasteiger partial charge in [0, 0.05) is 27.0 Å². The summed E-state index contributed by atoms with van der Waals surface area (Å²) in [5.41, 5.74) is 4.80. The molecule has 102 valence electrons. The minimum Gasteiger partial charge on any atom is -0.398 e. The normalized spacial score (nSPS) is 10.7. The van der Waals surface area contributed by atoms with Crippen LogP contribution in [-0.4, -0.2) is 11.5 Å². The molecule has 7 heteroatoms.